The number of halogens is 1. The summed E-state index contributed by atoms with van der Waals surface area (Å²) < 4.78 is 6.04. The highest BCUT2D eigenvalue weighted by Crippen LogP contribution is 2.21. The molecule has 3 nitrogen and oxygen atoms in total. The highest BCUT2D eigenvalue weighted by molar-refractivity contribution is 14.1. The van der Waals surface area contributed by atoms with Crippen LogP contribution in [0.15, 0.2) is 28.8 Å². The van der Waals surface area contributed by atoms with Crippen molar-refractivity contribution in [2.24, 2.45) is 0 Å². The van der Waals surface area contributed by atoms with Gasteiger partial charge in [0.25, 0.3) is 0 Å². The van der Waals surface area contributed by atoms with Crippen molar-refractivity contribution in [2.45, 2.75) is 6.92 Å². The van der Waals surface area contributed by atoms with Gasteiger partial charge in [0.1, 0.15) is 0 Å². The molecule has 0 amide bonds. The van der Waals surface area contributed by atoms with E-state index in [1.54, 1.807) is 6.92 Å². The highest BCUT2D eigenvalue weighted by atomic mass is 127. The zero-order valence-electron chi connectivity index (χ0n) is 6.99. The molecule has 1 heterocycles. The van der Waals surface area contributed by atoms with E-state index < -0.39 is 0 Å². The number of hydrogen-bond acceptors (Lipinski definition) is 3. The monoisotopic (exact) mass is 286 g/mol. The third-order valence-electron chi connectivity index (χ3n) is 1.64. The van der Waals surface area contributed by atoms with Crippen molar-refractivity contribution >= 4 is 22.6 Å². The minimum absolute atomic E-state index is 0.592. The molecule has 0 N–H and O–H groups in total. The van der Waals surface area contributed by atoms with E-state index in [0.29, 0.717) is 11.7 Å². The molecule has 1 aromatic heterocycles. The Kier molecular flexibility index (Phi) is 2.30. The van der Waals surface area contributed by atoms with Crippen molar-refractivity contribution in [2.75, 3.05) is 0 Å². The van der Waals surface area contributed by atoms with E-state index in [0.717, 1.165) is 9.13 Å². The molecule has 0 radical (unpaired) electrons. The molecule has 0 aliphatic heterocycles. The zero-order chi connectivity index (χ0) is 9.26. The van der Waals surface area contributed by atoms with E-state index in [1.165, 1.54) is 0 Å². The van der Waals surface area contributed by atoms with Crippen LogP contribution in [0.5, 0.6) is 0 Å². The van der Waals surface area contributed by atoms with Gasteiger partial charge in [0.05, 0.1) is 0 Å². The lowest BCUT2D eigenvalue weighted by atomic mass is 10.2. The first kappa shape index (κ1) is 8.68. The number of aromatic nitrogens is 2. The summed E-state index contributed by atoms with van der Waals surface area (Å²) in [4.78, 5) is 4.16. The fourth-order valence-corrected chi connectivity index (χ4v) is 1.68. The van der Waals surface area contributed by atoms with Crippen molar-refractivity contribution in [1.82, 2.24) is 10.1 Å². The molecule has 0 aliphatic rings. The molecule has 2 aromatic rings. The van der Waals surface area contributed by atoms with E-state index in [9.17, 15) is 0 Å². The van der Waals surface area contributed by atoms with E-state index in [2.05, 4.69) is 32.7 Å². The molecule has 1 aromatic carbocycles. The SMILES string of the molecule is Cc1nc(-c2ccccc2I)no1. The van der Waals surface area contributed by atoms with Gasteiger partial charge in [0, 0.05) is 16.1 Å². The van der Waals surface area contributed by atoms with Gasteiger partial charge < -0.3 is 4.52 Å². The topological polar surface area (TPSA) is 38.9 Å². The Morgan fingerprint density at radius 2 is 2.08 bits per heavy atom. The van der Waals surface area contributed by atoms with Gasteiger partial charge in [0.15, 0.2) is 0 Å². The van der Waals surface area contributed by atoms with Gasteiger partial charge in [-0.25, -0.2) is 0 Å². The first-order valence-electron chi connectivity index (χ1n) is 3.82. The Hall–Kier alpha value is -0.910. The minimum atomic E-state index is 0.592. The van der Waals surface area contributed by atoms with Gasteiger partial charge in [-0.1, -0.05) is 17.3 Å². The smallest absolute Gasteiger partial charge is 0.223 e. The first-order valence-corrected chi connectivity index (χ1v) is 4.90. The molecular weight excluding hydrogens is 279 g/mol. The summed E-state index contributed by atoms with van der Waals surface area (Å²) in [6.45, 7) is 1.78. The molecule has 0 spiro atoms. The Morgan fingerprint density at radius 1 is 1.31 bits per heavy atom. The maximum Gasteiger partial charge on any atom is 0.223 e. The van der Waals surface area contributed by atoms with Gasteiger partial charge in [-0.05, 0) is 34.7 Å². The van der Waals surface area contributed by atoms with Crippen LogP contribution >= 0.6 is 22.6 Å². The Labute approximate surface area is 89.3 Å². The summed E-state index contributed by atoms with van der Waals surface area (Å²) >= 11 is 2.25. The van der Waals surface area contributed by atoms with Crippen molar-refractivity contribution in [3.63, 3.8) is 0 Å². The third kappa shape index (κ3) is 1.72. The molecule has 0 saturated heterocycles. The molecule has 2 rings (SSSR count). The average molecular weight is 286 g/mol. The molecule has 0 unspecified atom stereocenters. The van der Waals surface area contributed by atoms with Crippen molar-refractivity contribution < 1.29 is 4.52 Å². The van der Waals surface area contributed by atoms with Crippen LogP contribution in [0.25, 0.3) is 11.4 Å². The normalized spacial score (nSPS) is 10.3. The maximum atomic E-state index is 4.91. The molecule has 0 atom stereocenters. The Balaban J connectivity index is 2.52. The third-order valence-corrected chi connectivity index (χ3v) is 2.58. The predicted molar refractivity (Wildman–Crippen MR) is 57.2 cm³/mol. The summed E-state index contributed by atoms with van der Waals surface area (Å²) in [5.41, 5.74) is 1.01. The van der Waals surface area contributed by atoms with Crippen LogP contribution in [0.3, 0.4) is 0 Å². The minimum Gasteiger partial charge on any atom is -0.339 e. The second kappa shape index (κ2) is 3.45. The molecule has 0 fully saturated rings. The summed E-state index contributed by atoms with van der Waals surface area (Å²) in [5, 5.41) is 3.86. The molecule has 0 saturated carbocycles. The lowest BCUT2D eigenvalue weighted by Gasteiger charge is -1.95. The van der Waals surface area contributed by atoms with Crippen molar-refractivity contribution in [3.8, 4) is 11.4 Å². The average Bonchev–Trinajstić information content (AvgIpc) is 2.53. The number of rotatable bonds is 1. The van der Waals surface area contributed by atoms with E-state index in [1.807, 2.05) is 24.3 Å². The van der Waals surface area contributed by atoms with E-state index in [-0.39, 0.29) is 0 Å². The molecule has 0 bridgehead atoms. The second-order valence-corrected chi connectivity index (χ2v) is 3.78. The lowest BCUT2D eigenvalue weighted by molar-refractivity contribution is 0.394. The largest absolute Gasteiger partial charge is 0.339 e. The summed E-state index contributed by atoms with van der Waals surface area (Å²) in [5.74, 6) is 1.25. The number of benzene rings is 1. The predicted octanol–water partition coefficient (Wildman–Crippen LogP) is 2.65. The number of nitrogens with zero attached hydrogens (tertiary/aromatic N) is 2. The van der Waals surface area contributed by atoms with Crippen LogP contribution in [-0.4, -0.2) is 10.1 Å². The fourth-order valence-electron chi connectivity index (χ4n) is 1.05. The second-order valence-electron chi connectivity index (χ2n) is 2.62. The highest BCUT2D eigenvalue weighted by Gasteiger charge is 2.07. The van der Waals surface area contributed by atoms with Gasteiger partial charge in [-0.3, -0.25) is 0 Å². The van der Waals surface area contributed by atoms with Crippen LogP contribution in [0.4, 0.5) is 0 Å². The van der Waals surface area contributed by atoms with Gasteiger partial charge >= 0.3 is 0 Å². The van der Waals surface area contributed by atoms with Crippen molar-refractivity contribution in [3.05, 3.63) is 33.7 Å². The van der Waals surface area contributed by atoms with Gasteiger partial charge in [-0.2, -0.15) is 4.98 Å². The summed E-state index contributed by atoms with van der Waals surface area (Å²) in [7, 11) is 0. The van der Waals surface area contributed by atoms with Crippen LogP contribution in [-0.2, 0) is 0 Å². The van der Waals surface area contributed by atoms with Crippen LogP contribution < -0.4 is 0 Å². The zero-order valence-corrected chi connectivity index (χ0v) is 9.15. The molecule has 0 aliphatic carbocycles. The van der Waals surface area contributed by atoms with Crippen LogP contribution in [0.2, 0.25) is 0 Å². The number of aryl methyl sites for hydroxylation is 1. The Morgan fingerprint density at radius 3 is 2.69 bits per heavy atom. The van der Waals surface area contributed by atoms with E-state index >= 15 is 0 Å². The maximum absolute atomic E-state index is 4.91. The van der Waals surface area contributed by atoms with Gasteiger partial charge in [-0.15, -0.1) is 0 Å². The molecule has 13 heavy (non-hydrogen) atoms. The quantitative estimate of drug-likeness (QED) is 0.756. The molecule has 66 valence electrons. The first-order chi connectivity index (χ1) is 6.27. The molecular formula is C9H7IN2O. The van der Waals surface area contributed by atoms with E-state index in [4.69, 9.17) is 4.52 Å². The van der Waals surface area contributed by atoms with Crippen LogP contribution in [0.1, 0.15) is 5.89 Å². The van der Waals surface area contributed by atoms with Crippen molar-refractivity contribution in [1.29, 1.82) is 0 Å². The van der Waals surface area contributed by atoms with Crippen LogP contribution in [0, 0.1) is 10.5 Å². The summed E-state index contributed by atoms with van der Waals surface area (Å²) in [6.07, 6.45) is 0. The standard InChI is InChI=1S/C9H7IN2O/c1-6-11-9(12-13-6)7-4-2-3-5-8(7)10/h2-5H,1H3. The van der Waals surface area contributed by atoms with Gasteiger partial charge in [0.2, 0.25) is 11.7 Å². The fraction of sp³-hybridized carbons (Fsp3) is 0.111. The lowest BCUT2D eigenvalue weighted by Crippen LogP contribution is -1.83. The summed E-state index contributed by atoms with van der Waals surface area (Å²) in [6, 6.07) is 7.94. The number of hydrogen-bond donors (Lipinski definition) is 0. The molecule has 4 heteroatoms. The Bertz CT molecular complexity index is 425.